The van der Waals surface area contributed by atoms with Gasteiger partial charge in [-0.25, -0.2) is 4.98 Å². The monoisotopic (exact) mass is 521 g/mol. The molecule has 158 valence electrons. The number of nitrogens with zero attached hydrogens (tertiary/aromatic N) is 6. The summed E-state index contributed by atoms with van der Waals surface area (Å²) in [5.74, 6) is 1.26. The van der Waals surface area contributed by atoms with Gasteiger partial charge in [-0.05, 0) is 12.1 Å². The van der Waals surface area contributed by atoms with Crippen molar-refractivity contribution >= 4 is 41.5 Å². The van der Waals surface area contributed by atoms with Gasteiger partial charge in [-0.3, -0.25) is 14.5 Å². The molecular formula is C20H24IN7O2. The molecule has 0 saturated carbocycles. The predicted octanol–water partition coefficient (Wildman–Crippen LogP) is 2.12. The maximum absolute atomic E-state index is 12.6. The van der Waals surface area contributed by atoms with Crippen LogP contribution < -0.4 is 10.2 Å². The van der Waals surface area contributed by atoms with Crippen molar-refractivity contribution in [1.29, 1.82) is 0 Å². The Hall–Kier alpha value is -2.89. The first-order valence-corrected chi connectivity index (χ1v) is 9.38. The van der Waals surface area contributed by atoms with E-state index in [1.807, 2.05) is 48.5 Å². The van der Waals surface area contributed by atoms with E-state index in [4.69, 9.17) is 4.42 Å². The molecule has 0 unspecified atom stereocenters. The smallest absolute Gasteiger partial charge is 0.246 e. The summed E-state index contributed by atoms with van der Waals surface area (Å²) in [4.78, 5) is 25.1. The van der Waals surface area contributed by atoms with Gasteiger partial charge in [0, 0.05) is 38.9 Å². The molecule has 1 saturated heterocycles. The van der Waals surface area contributed by atoms with Crippen molar-refractivity contribution in [1.82, 2.24) is 25.0 Å². The predicted molar refractivity (Wildman–Crippen MR) is 125 cm³/mol. The lowest BCUT2D eigenvalue weighted by Gasteiger charge is -2.35. The Labute approximate surface area is 191 Å². The summed E-state index contributed by atoms with van der Waals surface area (Å²) in [5.41, 5.74) is 2.52. The second-order valence-corrected chi connectivity index (χ2v) is 6.75. The molecule has 9 nitrogen and oxygen atoms in total. The van der Waals surface area contributed by atoms with Crippen LogP contribution in [0, 0.1) is 0 Å². The number of piperazine rings is 1. The summed E-state index contributed by atoms with van der Waals surface area (Å²) in [6.45, 7) is 1.96. The quantitative estimate of drug-likeness (QED) is 0.322. The minimum atomic E-state index is 0. The van der Waals surface area contributed by atoms with Crippen LogP contribution in [0.5, 0.6) is 0 Å². The van der Waals surface area contributed by atoms with E-state index in [9.17, 15) is 4.79 Å². The molecular weight excluding hydrogens is 497 g/mol. The van der Waals surface area contributed by atoms with E-state index in [1.165, 1.54) is 0 Å². The molecule has 1 fully saturated rings. The fourth-order valence-electron chi connectivity index (χ4n) is 3.28. The highest BCUT2D eigenvalue weighted by atomic mass is 127. The molecule has 0 spiro atoms. The maximum Gasteiger partial charge on any atom is 0.246 e. The van der Waals surface area contributed by atoms with Gasteiger partial charge in [0.1, 0.15) is 12.8 Å². The van der Waals surface area contributed by atoms with E-state index in [-0.39, 0.29) is 36.4 Å². The van der Waals surface area contributed by atoms with Crippen LogP contribution in [-0.2, 0) is 18.4 Å². The number of amides is 1. The molecule has 0 bridgehead atoms. The average Bonchev–Trinajstić information content (AvgIpc) is 3.38. The van der Waals surface area contributed by atoms with E-state index in [2.05, 4.69) is 20.4 Å². The zero-order chi connectivity index (χ0) is 20.2. The van der Waals surface area contributed by atoms with Crippen molar-refractivity contribution < 1.29 is 9.21 Å². The van der Waals surface area contributed by atoms with E-state index in [0.717, 1.165) is 16.9 Å². The van der Waals surface area contributed by atoms with Crippen LogP contribution in [0.3, 0.4) is 0 Å². The molecule has 3 heterocycles. The SMILES string of the molecule is CN=C(NCc1coc(-c2ccccc2)n1)N1CCN(c2cnn(C)c2)C(=O)C1.I. The molecule has 1 amide bonds. The molecule has 1 aliphatic heterocycles. The molecule has 0 radical (unpaired) electrons. The molecule has 1 aromatic carbocycles. The number of carbonyl (C=O) groups is 1. The highest BCUT2D eigenvalue weighted by Gasteiger charge is 2.27. The summed E-state index contributed by atoms with van der Waals surface area (Å²) in [6.07, 6.45) is 5.18. The van der Waals surface area contributed by atoms with Crippen LogP contribution in [0.1, 0.15) is 5.69 Å². The van der Waals surface area contributed by atoms with Crippen molar-refractivity contribution in [2.45, 2.75) is 6.54 Å². The number of hydrogen-bond acceptors (Lipinski definition) is 5. The summed E-state index contributed by atoms with van der Waals surface area (Å²) < 4.78 is 7.26. The van der Waals surface area contributed by atoms with Crippen molar-refractivity contribution in [3.8, 4) is 11.5 Å². The van der Waals surface area contributed by atoms with Crippen LogP contribution in [0.2, 0.25) is 0 Å². The Bertz CT molecular complexity index is 1020. The second kappa shape index (κ2) is 9.74. The lowest BCUT2D eigenvalue weighted by atomic mass is 10.2. The molecule has 0 aliphatic carbocycles. The van der Waals surface area contributed by atoms with E-state index >= 15 is 0 Å². The third-order valence-corrected chi connectivity index (χ3v) is 4.74. The van der Waals surface area contributed by atoms with Crippen molar-refractivity contribution in [2.75, 3.05) is 31.6 Å². The third-order valence-electron chi connectivity index (χ3n) is 4.74. The summed E-state index contributed by atoms with van der Waals surface area (Å²) in [5, 5.41) is 7.41. The highest BCUT2D eigenvalue weighted by Crippen LogP contribution is 2.18. The van der Waals surface area contributed by atoms with Gasteiger partial charge in [-0.2, -0.15) is 5.10 Å². The van der Waals surface area contributed by atoms with Crippen molar-refractivity contribution in [2.24, 2.45) is 12.0 Å². The van der Waals surface area contributed by atoms with Gasteiger partial charge in [0.2, 0.25) is 11.8 Å². The number of hydrogen-bond donors (Lipinski definition) is 1. The minimum absolute atomic E-state index is 0. The number of halogens is 1. The molecule has 1 N–H and O–H groups in total. The first-order valence-electron chi connectivity index (χ1n) is 9.38. The number of oxazole rings is 1. The van der Waals surface area contributed by atoms with Gasteiger partial charge in [0.25, 0.3) is 0 Å². The Morgan fingerprint density at radius 3 is 2.73 bits per heavy atom. The lowest BCUT2D eigenvalue weighted by Crippen LogP contribution is -2.55. The van der Waals surface area contributed by atoms with Crippen molar-refractivity contribution in [3.05, 3.63) is 54.7 Å². The first kappa shape index (κ1) is 21.8. The molecule has 1 aliphatic rings. The fraction of sp³-hybridized carbons (Fsp3) is 0.300. The van der Waals surface area contributed by atoms with Gasteiger partial charge in [-0.15, -0.1) is 24.0 Å². The molecule has 3 aromatic rings. The molecule has 4 rings (SSSR count). The van der Waals surface area contributed by atoms with E-state index < -0.39 is 0 Å². The Morgan fingerprint density at radius 1 is 1.27 bits per heavy atom. The number of aryl methyl sites for hydroxylation is 1. The zero-order valence-corrected chi connectivity index (χ0v) is 19.2. The largest absolute Gasteiger partial charge is 0.444 e. The average molecular weight is 521 g/mol. The van der Waals surface area contributed by atoms with E-state index in [0.29, 0.717) is 31.5 Å². The van der Waals surface area contributed by atoms with Gasteiger partial charge >= 0.3 is 0 Å². The number of rotatable bonds is 4. The van der Waals surface area contributed by atoms with E-state index in [1.54, 1.807) is 29.1 Å². The summed E-state index contributed by atoms with van der Waals surface area (Å²) in [6, 6.07) is 9.75. The number of benzene rings is 1. The number of aliphatic imine (C=N–C) groups is 1. The molecule has 30 heavy (non-hydrogen) atoms. The van der Waals surface area contributed by atoms with Crippen LogP contribution in [0.15, 0.2) is 58.4 Å². The highest BCUT2D eigenvalue weighted by molar-refractivity contribution is 14.0. The van der Waals surface area contributed by atoms with Crippen LogP contribution >= 0.6 is 24.0 Å². The van der Waals surface area contributed by atoms with Gasteiger partial charge in [0.15, 0.2) is 5.96 Å². The third kappa shape index (κ3) is 4.81. The number of carbonyl (C=O) groups excluding carboxylic acids is 1. The summed E-state index contributed by atoms with van der Waals surface area (Å²) in [7, 11) is 3.54. The topological polar surface area (TPSA) is 91.8 Å². The van der Waals surface area contributed by atoms with Gasteiger partial charge in [0.05, 0.1) is 24.1 Å². The molecule has 0 atom stereocenters. The number of anilines is 1. The summed E-state index contributed by atoms with van der Waals surface area (Å²) >= 11 is 0. The van der Waals surface area contributed by atoms with Crippen LogP contribution in [0.4, 0.5) is 5.69 Å². The Kier molecular flexibility index (Phi) is 7.08. The van der Waals surface area contributed by atoms with Gasteiger partial charge < -0.3 is 19.5 Å². The number of nitrogens with one attached hydrogen (secondary N) is 1. The minimum Gasteiger partial charge on any atom is -0.444 e. The van der Waals surface area contributed by atoms with Crippen molar-refractivity contribution in [3.63, 3.8) is 0 Å². The second-order valence-electron chi connectivity index (χ2n) is 6.75. The molecule has 2 aromatic heterocycles. The Morgan fingerprint density at radius 2 is 2.07 bits per heavy atom. The standard InChI is InChI=1S/C20H23N7O2.HI/c1-21-20(22-10-16-14-29-19(24-16)15-6-4-3-5-7-15)26-8-9-27(18(28)13-26)17-11-23-25(2)12-17;/h3-7,11-12,14H,8-10,13H2,1-2H3,(H,21,22);1H. The zero-order valence-electron chi connectivity index (χ0n) is 16.9. The number of guanidine groups is 1. The van der Waals surface area contributed by atoms with Gasteiger partial charge in [-0.1, -0.05) is 18.2 Å². The van der Waals surface area contributed by atoms with Crippen LogP contribution in [0.25, 0.3) is 11.5 Å². The normalized spacial score (nSPS) is 14.6. The van der Waals surface area contributed by atoms with Crippen LogP contribution in [-0.4, -0.2) is 58.2 Å². The fourth-order valence-corrected chi connectivity index (χ4v) is 3.28. The Balaban J connectivity index is 0.00000256. The molecule has 10 heteroatoms. The first-order chi connectivity index (χ1) is 14.1. The number of aromatic nitrogens is 3. The maximum atomic E-state index is 12.6. The lowest BCUT2D eigenvalue weighted by molar-refractivity contribution is -0.120.